The van der Waals surface area contributed by atoms with E-state index in [1.807, 2.05) is 31.2 Å². The van der Waals surface area contributed by atoms with Crippen LogP contribution in [0.2, 0.25) is 0 Å². The summed E-state index contributed by atoms with van der Waals surface area (Å²) in [6.45, 7) is 7.20. The largest absolute Gasteiger partial charge is 0.274 e. The van der Waals surface area contributed by atoms with Crippen molar-refractivity contribution in [3.63, 3.8) is 0 Å². The first-order valence-electron chi connectivity index (χ1n) is 12.0. The van der Waals surface area contributed by atoms with E-state index in [0.29, 0.717) is 5.69 Å². The Morgan fingerprint density at radius 3 is 2.29 bits per heavy atom. The number of rotatable bonds is 5. The average Bonchev–Trinajstić information content (AvgIpc) is 3.38. The summed E-state index contributed by atoms with van der Waals surface area (Å²) in [7, 11) is -4.07. The summed E-state index contributed by atoms with van der Waals surface area (Å²) in [6, 6.07) is 18.3. The Morgan fingerprint density at radius 1 is 1.00 bits per heavy atom. The Hall–Kier alpha value is -2.92. The van der Waals surface area contributed by atoms with Gasteiger partial charge in [0.25, 0.3) is 5.91 Å². The number of fused-ring (bicyclic) bond motifs is 1. The highest BCUT2D eigenvalue weighted by molar-refractivity contribution is 9.10. The first-order chi connectivity index (χ1) is 17.9. The first-order valence-corrected chi connectivity index (χ1v) is 15.1. The fourth-order valence-corrected chi connectivity index (χ4v) is 7.96. The van der Waals surface area contributed by atoms with E-state index in [2.05, 4.69) is 22.0 Å². The number of amides is 2. The molecule has 196 valence electrons. The van der Waals surface area contributed by atoms with Crippen LogP contribution in [0.15, 0.2) is 76.1 Å². The molecule has 2 amide bonds. The Kier molecular flexibility index (Phi) is 6.79. The zero-order valence-electron chi connectivity index (χ0n) is 21.3. The first kappa shape index (κ1) is 26.7. The molecule has 1 unspecified atom stereocenters. The molecule has 0 N–H and O–H groups in total. The van der Waals surface area contributed by atoms with Crippen LogP contribution >= 0.6 is 27.3 Å². The van der Waals surface area contributed by atoms with Crippen LogP contribution in [0.1, 0.15) is 32.8 Å². The second-order valence-corrected chi connectivity index (χ2v) is 14.0. The maximum atomic E-state index is 13.7. The van der Waals surface area contributed by atoms with Gasteiger partial charge >= 0.3 is 0 Å². The number of halogens is 1. The number of hydrogen-bond donors (Lipinski definition) is 0. The van der Waals surface area contributed by atoms with Crippen LogP contribution in [-0.4, -0.2) is 41.1 Å². The average molecular weight is 613 g/mol. The van der Waals surface area contributed by atoms with Gasteiger partial charge < -0.3 is 0 Å². The molecule has 1 fully saturated rings. The molecule has 0 radical (unpaired) electrons. The van der Waals surface area contributed by atoms with Crippen molar-refractivity contribution in [2.24, 2.45) is 0 Å². The Labute approximate surface area is 234 Å². The monoisotopic (exact) mass is 611 g/mol. The molecule has 38 heavy (non-hydrogen) atoms. The molecule has 0 aliphatic carbocycles. The van der Waals surface area contributed by atoms with Crippen molar-refractivity contribution < 1.29 is 18.0 Å². The fraction of sp³-hybridized carbons (Fsp3) is 0.250. The fourth-order valence-electron chi connectivity index (χ4n) is 4.69. The van der Waals surface area contributed by atoms with Crippen LogP contribution in [0, 0.1) is 6.92 Å². The molecule has 1 aromatic heterocycles. The highest BCUT2D eigenvalue weighted by Gasteiger charge is 2.50. The van der Waals surface area contributed by atoms with Crippen LogP contribution in [0.3, 0.4) is 0 Å². The molecule has 0 saturated carbocycles. The van der Waals surface area contributed by atoms with Gasteiger partial charge in [-0.2, -0.15) is 4.31 Å². The zero-order valence-corrected chi connectivity index (χ0v) is 24.5. The number of sulfonamides is 1. The molecule has 5 rings (SSSR count). The van der Waals surface area contributed by atoms with Crippen molar-refractivity contribution in [3.05, 3.63) is 76.8 Å². The molecule has 1 saturated heterocycles. The number of thiazole rings is 1. The van der Waals surface area contributed by atoms with Crippen molar-refractivity contribution in [1.29, 1.82) is 0 Å². The molecule has 10 heteroatoms. The second-order valence-electron chi connectivity index (χ2n) is 10.2. The van der Waals surface area contributed by atoms with E-state index in [1.54, 1.807) is 56.4 Å². The number of anilines is 1. The summed E-state index contributed by atoms with van der Waals surface area (Å²) < 4.78 is 30.4. The topological polar surface area (TPSA) is 87.7 Å². The lowest BCUT2D eigenvalue weighted by Gasteiger charge is -2.37. The summed E-state index contributed by atoms with van der Waals surface area (Å²) in [5.41, 5.74) is 2.41. The van der Waals surface area contributed by atoms with Gasteiger partial charge in [-0.25, -0.2) is 18.3 Å². The SMILES string of the molecule is Cc1ccc2nc(-c3ccc(N4C(=O)CC(N(C(C)(C)C)S(=O)(=O)c5ccc(Br)cc5)C4=O)cc3)sc2c1. The minimum atomic E-state index is -4.07. The number of imide groups is 1. The van der Waals surface area contributed by atoms with E-state index in [9.17, 15) is 18.0 Å². The van der Waals surface area contributed by atoms with Gasteiger partial charge in [-0.15, -0.1) is 11.3 Å². The predicted molar refractivity (Wildman–Crippen MR) is 154 cm³/mol. The van der Waals surface area contributed by atoms with Gasteiger partial charge in [0.15, 0.2) is 0 Å². The normalized spacial score (nSPS) is 16.7. The van der Waals surface area contributed by atoms with Gasteiger partial charge in [-0.3, -0.25) is 9.59 Å². The lowest BCUT2D eigenvalue weighted by molar-refractivity contribution is -0.122. The summed E-state index contributed by atoms with van der Waals surface area (Å²) in [5, 5.41) is 0.841. The Morgan fingerprint density at radius 2 is 1.66 bits per heavy atom. The minimum absolute atomic E-state index is 0.0599. The number of nitrogens with zero attached hydrogens (tertiary/aromatic N) is 3. The maximum absolute atomic E-state index is 13.7. The van der Waals surface area contributed by atoms with Gasteiger partial charge in [-0.05, 0) is 93.9 Å². The van der Waals surface area contributed by atoms with Crippen molar-refractivity contribution in [3.8, 4) is 10.6 Å². The standard InChI is InChI=1S/C28H26BrN3O4S2/c1-17-5-14-22-24(15-17)37-26(30-22)18-6-10-20(11-7-18)31-25(33)16-23(27(31)34)32(28(2,3)4)38(35,36)21-12-8-19(29)9-13-21/h5-15,23H,16H2,1-4H3. The molecular formula is C28H26BrN3O4S2. The van der Waals surface area contributed by atoms with Gasteiger partial charge in [0.1, 0.15) is 11.0 Å². The molecule has 3 aromatic carbocycles. The van der Waals surface area contributed by atoms with E-state index >= 15 is 0 Å². The summed E-state index contributed by atoms with van der Waals surface area (Å²) >= 11 is 4.90. The quantitative estimate of drug-likeness (QED) is 0.252. The van der Waals surface area contributed by atoms with Gasteiger partial charge in [-0.1, -0.05) is 22.0 Å². The summed E-state index contributed by atoms with van der Waals surface area (Å²) in [6.07, 6.45) is -0.231. The number of hydrogen-bond acceptors (Lipinski definition) is 6. The molecule has 7 nitrogen and oxygen atoms in total. The molecule has 1 aliphatic rings. The summed E-state index contributed by atoms with van der Waals surface area (Å²) in [5.74, 6) is -1.00. The third-order valence-electron chi connectivity index (χ3n) is 6.35. The highest BCUT2D eigenvalue weighted by Crippen LogP contribution is 2.36. The van der Waals surface area contributed by atoms with Crippen LogP contribution in [0.5, 0.6) is 0 Å². The van der Waals surface area contributed by atoms with E-state index < -0.39 is 33.4 Å². The molecular weight excluding hydrogens is 586 g/mol. The van der Waals surface area contributed by atoms with Crippen molar-refractivity contribution in [1.82, 2.24) is 9.29 Å². The molecule has 4 aromatic rings. The number of carbonyl (C=O) groups excluding carboxylic acids is 2. The molecule has 0 spiro atoms. The van der Waals surface area contributed by atoms with Crippen LogP contribution < -0.4 is 4.90 Å². The maximum Gasteiger partial charge on any atom is 0.252 e. The molecule has 2 heterocycles. The second kappa shape index (κ2) is 9.68. The van der Waals surface area contributed by atoms with E-state index in [-0.39, 0.29) is 11.3 Å². The van der Waals surface area contributed by atoms with Crippen molar-refractivity contribution in [2.45, 2.75) is 50.6 Å². The van der Waals surface area contributed by atoms with E-state index in [0.717, 1.165) is 35.7 Å². The van der Waals surface area contributed by atoms with Gasteiger partial charge in [0.2, 0.25) is 15.9 Å². The smallest absolute Gasteiger partial charge is 0.252 e. The Bertz CT molecular complexity index is 1660. The number of aryl methyl sites for hydroxylation is 1. The molecule has 1 aliphatic heterocycles. The van der Waals surface area contributed by atoms with Crippen LogP contribution in [-0.2, 0) is 19.6 Å². The number of carbonyl (C=O) groups is 2. The van der Waals surface area contributed by atoms with Crippen molar-refractivity contribution >= 4 is 65.0 Å². The number of benzene rings is 3. The third kappa shape index (κ3) is 4.82. The van der Waals surface area contributed by atoms with E-state index in [4.69, 9.17) is 4.98 Å². The highest BCUT2D eigenvalue weighted by atomic mass is 79.9. The zero-order chi connectivity index (χ0) is 27.4. The summed E-state index contributed by atoms with van der Waals surface area (Å²) in [4.78, 5) is 32.6. The van der Waals surface area contributed by atoms with Gasteiger partial charge in [0, 0.05) is 15.6 Å². The third-order valence-corrected chi connectivity index (χ3v) is 10.1. The van der Waals surface area contributed by atoms with Crippen LogP contribution in [0.4, 0.5) is 5.69 Å². The van der Waals surface area contributed by atoms with E-state index in [1.165, 1.54) is 16.4 Å². The Balaban J connectivity index is 1.45. The van der Waals surface area contributed by atoms with Crippen molar-refractivity contribution in [2.75, 3.05) is 4.90 Å². The minimum Gasteiger partial charge on any atom is -0.274 e. The predicted octanol–water partition coefficient (Wildman–Crippen LogP) is 6.16. The molecule has 0 bridgehead atoms. The lowest BCUT2D eigenvalue weighted by atomic mass is 10.1. The lowest BCUT2D eigenvalue weighted by Crippen LogP contribution is -2.54. The number of aromatic nitrogens is 1. The molecule has 1 atom stereocenters. The van der Waals surface area contributed by atoms with Gasteiger partial charge in [0.05, 0.1) is 27.2 Å². The van der Waals surface area contributed by atoms with Crippen LogP contribution in [0.25, 0.3) is 20.8 Å².